The van der Waals surface area contributed by atoms with Gasteiger partial charge in [0.2, 0.25) is 0 Å². The van der Waals surface area contributed by atoms with Gasteiger partial charge in [0.1, 0.15) is 5.75 Å². The van der Waals surface area contributed by atoms with Crippen molar-refractivity contribution < 1.29 is 17.9 Å². The van der Waals surface area contributed by atoms with Crippen LogP contribution in [0.4, 0.5) is 0 Å². The molecule has 0 aliphatic rings. The smallest absolute Gasteiger partial charge is 0.311 e. The molecule has 0 aliphatic carbocycles. The van der Waals surface area contributed by atoms with Crippen molar-refractivity contribution in [1.29, 1.82) is 0 Å². The van der Waals surface area contributed by atoms with Crippen LogP contribution in [0.25, 0.3) is 0 Å². The van der Waals surface area contributed by atoms with Gasteiger partial charge < -0.3 is 4.74 Å². The highest BCUT2D eigenvalue weighted by Gasteiger charge is 2.24. The fourth-order valence-electron chi connectivity index (χ4n) is 1.11. The van der Waals surface area contributed by atoms with Gasteiger partial charge in [0.25, 0.3) is 10.0 Å². The van der Waals surface area contributed by atoms with Crippen molar-refractivity contribution in [1.82, 2.24) is 4.31 Å². The van der Waals surface area contributed by atoms with E-state index in [9.17, 15) is 13.2 Å². The number of terminal acetylenes is 1. The molecule has 90 valence electrons. The van der Waals surface area contributed by atoms with Gasteiger partial charge in [-0.15, -0.1) is 6.42 Å². The Morgan fingerprint density at radius 2 is 1.88 bits per heavy atom. The molecule has 0 bridgehead atoms. The number of hydrogen-bond acceptors (Lipinski definition) is 4. The fourth-order valence-corrected chi connectivity index (χ4v) is 2.17. The minimum atomic E-state index is -3.89. The highest BCUT2D eigenvalue weighted by molar-refractivity contribution is 7.89. The van der Waals surface area contributed by atoms with Crippen LogP contribution < -0.4 is 4.74 Å². The monoisotopic (exact) mass is 253 g/mol. The first-order chi connectivity index (χ1) is 7.93. The molecule has 0 radical (unpaired) electrons. The quantitative estimate of drug-likeness (QED) is 0.735. The van der Waals surface area contributed by atoms with Gasteiger partial charge in [-0.3, -0.25) is 4.79 Å². The van der Waals surface area contributed by atoms with Gasteiger partial charge >= 0.3 is 5.91 Å². The van der Waals surface area contributed by atoms with Crippen LogP contribution in [0.3, 0.4) is 0 Å². The maximum Gasteiger partial charge on any atom is 0.311 e. The summed E-state index contributed by atoms with van der Waals surface area (Å²) in [5.41, 5.74) is 0. The average molecular weight is 253 g/mol. The molecule has 0 heterocycles. The molecular formula is C11H11NO4S. The SMILES string of the molecule is C#CC(=O)N(C)S(=O)(=O)c1ccc(OC)cc1. The van der Waals surface area contributed by atoms with E-state index in [1.54, 1.807) is 5.92 Å². The molecule has 1 aromatic carbocycles. The zero-order chi connectivity index (χ0) is 13.1. The number of sulfonamides is 1. The summed E-state index contributed by atoms with van der Waals surface area (Å²) in [6, 6.07) is 5.66. The zero-order valence-corrected chi connectivity index (χ0v) is 10.2. The Labute approximate surface area is 100 Å². The Hall–Kier alpha value is -2.00. The lowest BCUT2D eigenvalue weighted by Crippen LogP contribution is -2.32. The highest BCUT2D eigenvalue weighted by Crippen LogP contribution is 2.18. The van der Waals surface area contributed by atoms with Crippen LogP contribution in [-0.4, -0.2) is 32.8 Å². The molecule has 1 aromatic rings. The second-order valence-electron chi connectivity index (χ2n) is 3.10. The van der Waals surface area contributed by atoms with Gasteiger partial charge in [0.05, 0.1) is 12.0 Å². The third kappa shape index (κ3) is 2.57. The molecule has 0 saturated carbocycles. The fraction of sp³-hybridized carbons (Fsp3) is 0.182. The van der Waals surface area contributed by atoms with E-state index in [1.165, 1.54) is 31.4 Å². The standard InChI is InChI=1S/C11H11NO4S/c1-4-11(13)12(2)17(14,15)10-7-5-9(16-3)6-8-10/h1,5-8H,2-3H3. The van der Waals surface area contributed by atoms with E-state index >= 15 is 0 Å². The van der Waals surface area contributed by atoms with Gasteiger partial charge in [-0.1, -0.05) is 0 Å². The van der Waals surface area contributed by atoms with Crippen molar-refractivity contribution in [3.05, 3.63) is 24.3 Å². The van der Waals surface area contributed by atoms with E-state index in [1.807, 2.05) is 0 Å². The van der Waals surface area contributed by atoms with Crippen LogP contribution in [0, 0.1) is 12.3 Å². The molecule has 0 unspecified atom stereocenters. The maximum absolute atomic E-state index is 11.9. The summed E-state index contributed by atoms with van der Waals surface area (Å²) in [6.45, 7) is 0. The van der Waals surface area contributed by atoms with Gasteiger partial charge in [-0.25, -0.2) is 12.7 Å². The van der Waals surface area contributed by atoms with E-state index in [0.717, 1.165) is 7.05 Å². The summed E-state index contributed by atoms with van der Waals surface area (Å²) in [4.78, 5) is 11.1. The van der Waals surface area contributed by atoms with E-state index in [2.05, 4.69) is 0 Å². The van der Waals surface area contributed by atoms with E-state index in [-0.39, 0.29) is 4.90 Å². The predicted octanol–water partition coefficient (Wildman–Crippen LogP) is 0.475. The second kappa shape index (κ2) is 4.89. The Kier molecular flexibility index (Phi) is 3.76. The molecule has 0 aliphatic heterocycles. The van der Waals surface area contributed by atoms with Crippen molar-refractivity contribution in [3.63, 3.8) is 0 Å². The van der Waals surface area contributed by atoms with Crippen molar-refractivity contribution in [3.8, 4) is 18.1 Å². The number of ether oxygens (including phenoxy) is 1. The van der Waals surface area contributed by atoms with E-state index < -0.39 is 15.9 Å². The van der Waals surface area contributed by atoms with Gasteiger partial charge in [0.15, 0.2) is 0 Å². The summed E-state index contributed by atoms with van der Waals surface area (Å²) < 4.78 is 29.2. The van der Waals surface area contributed by atoms with Gasteiger partial charge in [-0.05, 0) is 30.2 Å². The third-order valence-electron chi connectivity index (χ3n) is 2.13. The van der Waals surface area contributed by atoms with Crippen LogP contribution in [0.15, 0.2) is 29.2 Å². The first-order valence-electron chi connectivity index (χ1n) is 4.57. The summed E-state index contributed by atoms with van der Waals surface area (Å²) >= 11 is 0. The first-order valence-corrected chi connectivity index (χ1v) is 6.01. The van der Waals surface area contributed by atoms with Crippen molar-refractivity contribution in [2.24, 2.45) is 0 Å². The molecule has 0 atom stereocenters. The average Bonchev–Trinajstić information content (AvgIpc) is 2.36. The second-order valence-corrected chi connectivity index (χ2v) is 5.07. The Bertz CT molecular complexity index is 554. The lowest BCUT2D eigenvalue weighted by Gasteiger charge is -2.14. The third-order valence-corrected chi connectivity index (χ3v) is 3.88. The molecule has 5 nitrogen and oxygen atoms in total. The molecule has 0 spiro atoms. The van der Waals surface area contributed by atoms with Crippen LogP contribution in [0.2, 0.25) is 0 Å². The topological polar surface area (TPSA) is 63.7 Å². The maximum atomic E-state index is 11.9. The van der Waals surface area contributed by atoms with Crippen LogP contribution in [-0.2, 0) is 14.8 Å². The highest BCUT2D eigenvalue weighted by atomic mass is 32.2. The summed E-state index contributed by atoms with van der Waals surface area (Å²) in [5, 5.41) is 0. The number of carbonyl (C=O) groups is 1. The molecule has 17 heavy (non-hydrogen) atoms. The number of benzene rings is 1. The number of methoxy groups -OCH3 is 1. The number of rotatable bonds is 3. The molecule has 0 aromatic heterocycles. The normalized spacial score (nSPS) is 10.4. The molecule has 0 saturated heterocycles. The number of amides is 1. The van der Waals surface area contributed by atoms with Gasteiger partial charge in [-0.2, -0.15) is 0 Å². The lowest BCUT2D eigenvalue weighted by molar-refractivity contribution is -0.119. The molecule has 1 amide bonds. The van der Waals surface area contributed by atoms with E-state index in [4.69, 9.17) is 11.2 Å². The van der Waals surface area contributed by atoms with Crippen LogP contribution in [0.5, 0.6) is 5.75 Å². The predicted molar refractivity (Wildman–Crippen MR) is 61.8 cm³/mol. The number of carbonyl (C=O) groups excluding carboxylic acids is 1. The molecule has 6 heteroatoms. The van der Waals surface area contributed by atoms with Crippen molar-refractivity contribution in [2.45, 2.75) is 4.90 Å². The first kappa shape index (κ1) is 13.1. The lowest BCUT2D eigenvalue weighted by atomic mass is 10.3. The Morgan fingerprint density at radius 1 is 1.35 bits per heavy atom. The minimum Gasteiger partial charge on any atom is -0.497 e. The van der Waals surface area contributed by atoms with Crippen molar-refractivity contribution >= 4 is 15.9 Å². The number of hydrogen-bond donors (Lipinski definition) is 0. The van der Waals surface area contributed by atoms with E-state index in [0.29, 0.717) is 10.1 Å². The van der Waals surface area contributed by atoms with Crippen LogP contribution in [0.1, 0.15) is 0 Å². The number of nitrogens with zero attached hydrogens (tertiary/aromatic N) is 1. The molecule has 0 fully saturated rings. The molecule has 0 N–H and O–H groups in total. The van der Waals surface area contributed by atoms with Crippen molar-refractivity contribution in [2.75, 3.05) is 14.2 Å². The summed E-state index contributed by atoms with van der Waals surface area (Å²) in [7, 11) is -1.31. The largest absolute Gasteiger partial charge is 0.497 e. The van der Waals surface area contributed by atoms with Gasteiger partial charge in [0, 0.05) is 7.05 Å². The Morgan fingerprint density at radius 3 is 2.29 bits per heavy atom. The summed E-state index contributed by atoms with van der Waals surface area (Å²) in [6.07, 6.45) is 4.87. The molecular weight excluding hydrogens is 242 g/mol. The molecule has 1 rings (SSSR count). The minimum absolute atomic E-state index is 0.0237. The van der Waals surface area contributed by atoms with Crippen LogP contribution >= 0.6 is 0 Å². The zero-order valence-electron chi connectivity index (χ0n) is 9.38. The summed E-state index contributed by atoms with van der Waals surface area (Å²) in [5.74, 6) is 1.35. The Balaban J connectivity index is 3.14.